The van der Waals surface area contributed by atoms with Gasteiger partial charge in [-0.05, 0) is 24.3 Å². The van der Waals surface area contributed by atoms with Crippen LogP contribution in [0, 0.1) is 0 Å². The fraction of sp³-hybridized carbons (Fsp3) is 0.263. The SMILES string of the molecule is COc1ccccc1-c1nnc(CN(C)c2ccccc2N(C)C)o1. The zero-order valence-corrected chi connectivity index (χ0v) is 14.9. The van der Waals surface area contributed by atoms with Gasteiger partial charge in [0.1, 0.15) is 5.75 Å². The number of nitrogens with zero attached hydrogens (tertiary/aromatic N) is 4. The molecule has 0 aliphatic carbocycles. The van der Waals surface area contributed by atoms with E-state index >= 15 is 0 Å². The van der Waals surface area contributed by atoms with E-state index in [-0.39, 0.29) is 0 Å². The number of hydrogen-bond donors (Lipinski definition) is 0. The van der Waals surface area contributed by atoms with Crippen molar-refractivity contribution in [2.75, 3.05) is 38.1 Å². The van der Waals surface area contributed by atoms with E-state index < -0.39 is 0 Å². The molecule has 6 nitrogen and oxygen atoms in total. The molecular weight excluding hydrogens is 316 g/mol. The Morgan fingerprint density at radius 2 is 1.60 bits per heavy atom. The average molecular weight is 338 g/mol. The molecule has 0 saturated carbocycles. The summed E-state index contributed by atoms with van der Waals surface area (Å²) < 4.78 is 11.2. The van der Waals surface area contributed by atoms with Crippen molar-refractivity contribution in [3.63, 3.8) is 0 Å². The fourth-order valence-corrected chi connectivity index (χ4v) is 2.70. The van der Waals surface area contributed by atoms with Crippen LogP contribution >= 0.6 is 0 Å². The lowest BCUT2D eigenvalue weighted by Gasteiger charge is -2.24. The topological polar surface area (TPSA) is 54.6 Å². The summed E-state index contributed by atoms with van der Waals surface area (Å²) in [7, 11) is 7.69. The van der Waals surface area contributed by atoms with Gasteiger partial charge in [0.15, 0.2) is 0 Å². The number of benzene rings is 2. The molecule has 0 fully saturated rings. The van der Waals surface area contributed by atoms with Crippen molar-refractivity contribution in [2.24, 2.45) is 0 Å². The van der Waals surface area contributed by atoms with Crippen LogP contribution in [0.2, 0.25) is 0 Å². The predicted molar refractivity (Wildman–Crippen MR) is 99.2 cm³/mol. The Hall–Kier alpha value is -3.02. The average Bonchev–Trinajstić information content (AvgIpc) is 3.09. The third-order valence-electron chi connectivity index (χ3n) is 3.95. The standard InChI is InChI=1S/C19H22N4O2/c1-22(2)15-10-6-7-11-16(15)23(3)13-18-20-21-19(25-18)14-9-5-8-12-17(14)24-4/h5-12H,13H2,1-4H3. The van der Waals surface area contributed by atoms with Crippen LogP contribution in [0.5, 0.6) is 5.75 Å². The largest absolute Gasteiger partial charge is 0.496 e. The van der Waals surface area contributed by atoms with Gasteiger partial charge in [-0.1, -0.05) is 24.3 Å². The third kappa shape index (κ3) is 3.57. The molecule has 3 rings (SSSR count). The van der Waals surface area contributed by atoms with Gasteiger partial charge in [0.05, 0.1) is 30.6 Å². The summed E-state index contributed by atoms with van der Waals surface area (Å²) in [4.78, 5) is 4.18. The molecule has 1 heterocycles. The van der Waals surface area contributed by atoms with Crippen molar-refractivity contribution >= 4 is 11.4 Å². The molecular formula is C19H22N4O2. The van der Waals surface area contributed by atoms with Gasteiger partial charge >= 0.3 is 0 Å². The van der Waals surface area contributed by atoms with Gasteiger partial charge < -0.3 is 19.0 Å². The Labute approximate surface area is 147 Å². The van der Waals surface area contributed by atoms with Gasteiger partial charge in [0.2, 0.25) is 5.89 Å². The highest BCUT2D eigenvalue weighted by atomic mass is 16.5. The maximum atomic E-state index is 5.85. The van der Waals surface area contributed by atoms with Crippen molar-refractivity contribution in [1.82, 2.24) is 10.2 Å². The number of para-hydroxylation sites is 3. The Bertz CT molecular complexity index is 845. The minimum Gasteiger partial charge on any atom is -0.496 e. The maximum Gasteiger partial charge on any atom is 0.251 e. The van der Waals surface area contributed by atoms with Crippen molar-refractivity contribution in [2.45, 2.75) is 6.54 Å². The summed E-state index contributed by atoms with van der Waals surface area (Å²) in [6.45, 7) is 0.521. The van der Waals surface area contributed by atoms with E-state index in [1.54, 1.807) is 7.11 Å². The molecule has 0 amide bonds. The summed E-state index contributed by atoms with van der Waals surface area (Å²) in [5.41, 5.74) is 3.03. The molecule has 130 valence electrons. The molecule has 0 unspecified atom stereocenters. The van der Waals surface area contributed by atoms with E-state index in [9.17, 15) is 0 Å². The number of aromatic nitrogens is 2. The minimum absolute atomic E-state index is 0.460. The maximum absolute atomic E-state index is 5.85. The zero-order valence-electron chi connectivity index (χ0n) is 14.9. The van der Waals surface area contributed by atoms with Crippen LogP contribution in [-0.2, 0) is 6.54 Å². The first kappa shape index (κ1) is 16.8. The summed E-state index contributed by atoms with van der Waals surface area (Å²) in [5.74, 6) is 1.72. The van der Waals surface area contributed by atoms with Crippen LogP contribution in [0.4, 0.5) is 11.4 Å². The Kier molecular flexibility index (Phi) is 4.88. The van der Waals surface area contributed by atoms with Crippen molar-refractivity contribution < 1.29 is 9.15 Å². The Balaban J connectivity index is 1.82. The van der Waals surface area contributed by atoms with Gasteiger partial charge in [-0.2, -0.15) is 0 Å². The van der Waals surface area contributed by atoms with Gasteiger partial charge in [0.25, 0.3) is 5.89 Å². The second-order valence-corrected chi connectivity index (χ2v) is 5.94. The highest BCUT2D eigenvalue weighted by molar-refractivity contribution is 5.70. The van der Waals surface area contributed by atoms with Crippen molar-refractivity contribution in [1.29, 1.82) is 0 Å². The van der Waals surface area contributed by atoms with Crippen molar-refractivity contribution in [3.05, 3.63) is 54.4 Å². The number of hydrogen-bond acceptors (Lipinski definition) is 6. The molecule has 3 aromatic rings. The van der Waals surface area contributed by atoms with E-state index in [2.05, 4.69) is 32.1 Å². The number of anilines is 2. The lowest BCUT2D eigenvalue weighted by molar-refractivity contribution is 0.413. The molecule has 0 saturated heterocycles. The number of rotatable bonds is 6. The van der Waals surface area contributed by atoms with Crippen LogP contribution in [0.3, 0.4) is 0 Å². The van der Waals surface area contributed by atoms with Crippen LogP contribution in [0.1, 0.15) is 5.89 Å². The first-order chi connectivity index (χ1) is 12.1. The van der Waals surface area contributed by atoms with Gasteiger partial charge in [-0.25, -0.2) is 0 Å². The summed E-state index contributed by atoms with van der Waals surface area (Å²) in [6, 6.07) is 15.8. The summed E-state index contributed by atoms with van der Waals surface area (Å²) >= 11 is 0. The van der Waals surface area contributed by atoms with Crippen LogP contribution < -0.4 is 14.5 Å². The van der Waals surface area contributed by atoms with Gasteiger partial charge in [0, 0.05) is 21.1 Å². The fourth-order valence-electron chi connectivity index (χ4n) is 2.70. The zero-order chi connectivity index (χ0) is 17.8. The number of ether oxygens (including phenoxy) is 1. The van der Waals surface area contributed by atoms with E-state index in [0.29, 0.717) is 24.1 Å². The van der Waals surface area contributed by atoms with E-state index in [4.69, 9.17) is 9.15 Å². The Morgan fingerprint density at radius 1 is 0.920 bits per heavy atom. The van der Waals surface area contributed by atoms with Crippen molar-refractivity contribution in [3.8, 4) is 17.2 Å². The van der Waals surface area contributed by atoms with Crippen LogP contribution in [0.25, 0.3) is 11.5 Å². The molecule has 0 N–H and O–H groups in total. The number of methoxy groups -OCH3 is 1. The molecule has 2 aromatic carbocycles. The molecule has 1 aromatic heterocycles. The first-order valence-corrected chi connectivity index (χ1v) is 8.03. The molecule has 25 heavy (non-hydrogen) atoms. The van der Waals surface area contributed by atoms with E-state index in [1.165, 1.54) is 0 Å². The summed E-state index contributed by atoms with van der Waals surface area (Å²) in [6.07, 6.45) is 0. The predicted octanol–water partition coefficient (Wildman–Crippen LogP) is 3.45. The third-order valence-corrected chi connectivity index (χ3v) is 3.95. The Morgan fingerprint density at radius 3 is 2.32 bits per heavy atom. The molecule has 6 heteroatoms. The van der Waals surface area contributed by atoms with Crippen LogP contribution in [0.15, 0.2) is 52.9 Å². The lowest BCUT2D eigenvalue weighted by atomic mass is 10.2. The highest BCUT2D eigenvalue weighted by Crippen LogP contribution is 2.30. The molecule has 0 radical (unpaired) electrons. The summed E-state index contributed by atoms with van der Waals surface area (Å²) in [5, 5.41) is 8.35. The van der Waals surface area contributed by atoms with E-state index in [0.717, 1.165) is 16.9 Å². The smallest absolute Gasteiger partial charge is 0.251 e. The van der Waals surface area contributed by atoms with E-state index in [1.807, 2.05) is 57.5 Å². The monoisotopic (exact) mass is 338 g/mol. The molecule has 0 atom stereocenters. The second-order valence-electron chi connectivity index (χ2n) is 5.94. The molecule has 0 bridgehead atoms. The normalized spacial score (nSPS) is 10.6. The van der Waals surface area contributed by atoms with Gasteiger partial charge in [-0.3, -0.25) is 0 Å². The molecule has 0 aliphatic rings. The quantitative estimate of drug-likeness (QED) is 0.686. The lowest BCUT2D eigenvalue weighted by Crippen LogP contribution is -2.20. The molecule has 0 spiro atoms. The van der Waals surface area contributed by atoms with Gasteiger partial charge in [-0.15, -0.1) is 10.2 Å². The molecule has 0 aliphatic heterocycles. The highest BCUT2D eigenvalue weighted by Gasteiger charge is 2.15. The minimum atomic E-state index is 0.460. The second kappa shape index (κ2) is 7.25. The first-order valence-electron chi connectivity index (χ1n) is 8.03. The van der Waals surface area contributed by atoms with Crippen LogP contribution in [-0.4, -0.2) is 38.5 Å².